The van der Waals surface area contributed by atoms with E-state index in [-0.39, 0.29) is 0 Å². The van der Waals surface area contributed by atoms with Crippen molar-refractivity contribution in [3.05, 3.63) is 0 Å². The van der Waals surface area contributed by atoms with E-state index in [1.54, 1.807) is 30.2 Å². The standard InChI is InChI=1S/C9H17.HI.Mg/c1-2-6-9-7-4-3-5-8-9;;/h9H,1-8H2;1H;/q;;+1/p-1. The lowest BCUT2D eigenvalue weighted by atomic mass is 9.86. The zero-order chi connectivity index (χ0) is 7.94. The van der Waals surface area contributed by atoms with Crippen LogP contribution in [0.1, 0.15) is 44.9 Å². The van der Waals surface area contributed by atoms with Gasteiger partial charge in [0.1, 0.15) is 0 Å². The zero-order valence-electron chi connectivity index (χ0n) is 7.32. The summed E-state index contributed by atoms with van der Waals surface area (Å²) in [7, 11) is 0. The minimum absolute atomic E-state index is 0.337. The van der Waals surface area contributed by atoms with Crippen molar-refractivity contribution in [2.24, 2.45) is 5.92 Å². The van der Waals surface area contributed by atoms with Gasteiger partial charge in [-0.25, -0.2) is 0 Å². The second-order valence-electron chi connectivity index (χ2n) is 3.69. The van der Waals surface area contributed by atoms with Gasteiger partial charge in [0, 0.05) is 0 Å². The van der Waals surface area contributed by atoms with Crippen LogP contribution in [-0.2, 0) is 0 Å². The van der Waals surface area contributed by atoms with E-state index in [0.717, 1.165) is 5.92 Å². The fourth-order valence-corrected chi connectivity index (χ4v) is 4.10. The van der Waals surface area contributed by atoms with Crippen molar-refractivity contribution >= 4 is 35.3 Å². The highest BCUT2D eigenvalue weighted by atomic mass is 127. The molecule has 0 aromatic heterocycles. The van der Waals surface area contributed by atoms with Crippen molar-refractivity contribution in [1.29, 1.82) is 0 Å². The van der Waals surface area contributed by atoms with Crippen molar-refractivity contribution in [2.75, 3.05) is 0 Å². The fourth-order valence-electron chi connectivity index (χ4n) is 2.00. The second kappa shape index (κ2) is 6.95. The first-order chi connectivity index (χ1) is 5.43. The maximum atomic E-state index is 2.62. The summed E-state index contributed by atoms with van der Waals surface area (Å²) in [4.78, 5) is 0. The average molecular weight is 276 g/mol. The predicted octanol–water partition coefficient (Wildman–Crippen LogP) is 3.82. The highest BCUT2D eigenvalue weighted by Gasteiger charge is 2.12. The van der Waals surface area contributed by atoms with Gasteiger partial charge >= 0.3 is 16.5 Å². The van der Waals surface area contributed by atoms with Crippen molar-refractivity contribution in [3.8, 4) is 0 Å². The molecule has 62 valence electrons. The molecular weight excluding hydrogens is 259 g/mol. The minimum atomic E-state index is 0.337. The Bertz CT molecular complexity index is 89.6. The zero-order valence-corrected chi connectivity index (χ0v) is 10.9. The van der Waals surface area contributed by atoms with E-state index in [2.05, 4.69) is 18.9 Å². The fraction of sp³-hybridized carbons (Fsp3) is 1.00. The quantitative estimate of drug-likeness (QED) is 0.416. The maximum Gasteiger partial charge on any atom is 0.463 e. The van der Waals surface area contributed by atoms with E-state index in [4.69, 9.17) is 0 Å². The van der Waals surface area contributed by atoms with Crippen LogP contribution in [0.3, 0.4) is 0 Å². The Kier molecular flexibility index (Phi) is 6.69. The molecule has 1 aliphatic carbocycles. The van der Waals surface area contributed by atoms with E-state index >= 15 is 0 Å². The largest absolute Gasteiger partial charge is 0.463 e. The van der Waals surface area contributed by atoms with Crippen LogP contribution < -0.4 is 0 Å². The first-order valence-electron chi connectivity index (χ1n) is 4.99. The highest BCUT2D eigenvalue weighted by Crippen LogP contribution is 2.27. The van der Waals surface area contributed by atoms with Crippen LogP contribution in [0.25, 0.3) is 0 Å². The number of halogens is 1. The number of rotatable bonds is 4. The van der Waals surface area contributed by atoms with Crippen molar-refractivity contribution in [2.45, 2.75) is 49.5 Å². The van der Waals surface area contributed by atoms with E-state index < -0.39 is 0 Å². The molecular formula is C9H17IMg. The van der Waals surface area contributed by atoms with Gasteiger partial charge in [-0.05, 0) is 5.92 Å². The van der Waals surface area contributed by atoms with E-state index in [1.165, 1.54) is 19.3 Å². The second-order valence-corrected chi connectivity index (χ2v) is 8.01. The lowest BCUT2D eigenvalue weighted by Gasteiger charge is -2.20. The first kappa shape index (κ1) is 10.6. The molecule has 0 aliphatic heterocycles. The summed E-state index contributed by atoms with van der Waals surface area (Å²) >= 11 is 2.96. The Balaban J connectivity index is 1.96. The Hall–Kier alpha value is 1.50. The highest BCUT2D eigenvalue weighted by molar-refractivity contribution is 14.1. The van der Waals surface area contributed by atoms with Gasteiger partial charge in [0.15, 0.2) is 0 Å². The summed E-state index contributed by atoms with van der Waals surface area (Å²) in [6.45, 7) is 0. The van der Waals surface area contributed by atoms with Gasteiger partial charge in [-0.2, -0.15) is 0 Å². The molecule has 0 spiro atoms. The van der Waals surface area contributed by atoms with Crippen LogP contribution in [-0.4, -0.2) is 16.5 Å². The van der Waals surface area contributed by atoms with Crippen molar-refractivity contribution < 1.29 is 0 Å². The van der Waals surface area contributed by atoms with Crippen LogP contribution >= 0.6 is 18.9 Å². The first-order valence-corrected chi connectivity index (χ1v) is 11.1. The predicted molar refractivity (Wildman–Crippen MR) is 60.4 cm³/mol. The molecule has 1 rings (SSSR count). The summed E-state index contributed by atoms with van der Waals surface area (Å²) < 4.78 is 1.58. The normalized spacial score (nSPS) is 19.7. The average Bonchev–Trinajstić information content (AvgIpc) is 2.07. The molecule has 0 bridgehead atoms. The maximum absolute atomic E-state index is 2.62. The lowest BCUT2D eigenvalue weighted by Crippen LogP contribution is -2.05. The molecule has 11 heavy (non-hydrogen) atoms. The molecule has 0 N–H and O–H groups in total. The van der Waals surface area contributed by atoms with Gasteiger partial charge in [-0.15, -0.1) is 4.55 Å². The lowest BCUT2D eigenvalue weighted by molar-refractivity contribution is 0.336. The molecule has 2 heteroatoms. The van der Waals surface area contributed by atoms with E-state index in [1.807, 2.05) is 0 Å². The Morgan fingerprint density at radius 3 is 2.55 bits per heavy atom. The molecule has 1 fully saturated rings. The molecule has 1 saturated carbocycles. The third kappa shape index (κ3) is 4.93. The Morgan fingerprint density at radius 2 is 1.91 bits per heavy atom. The SMILES string of the molecule is [I][Mg][CH2]CCC1CCCCC1. The smallest absolute Gasteiger partial charge is 0.301 e. The monoisotopic (exact) mass is 276 g/mol. The summed E-state index contributed by atoms with van der Waals surface area (Å²) in [5.41, 5.74) is 0. The van der Waals surface area contributed by atoms with Gasteiger partial charge in [0.2, 0.25) is 0 Å². The van der Waals surface area contributed by atoms with Crippen LogP contribution in [0, 0.1) is 5.92 Å². The van der Waals surface area contributed by atoms with E-state index in [9.17, 15) is 0 Å². The summed E-state index contributed by atoms with van der Waals surface area (Å²) in [5.74, 6) is 1.13. The van der Waals surface area contributed by atoms with Crippen molar-refractivity contribution in [3.63, 3.8) is 0 Å². The van der Waals surface area contributed by atoms with Gasteiger partial charge in [0.05, 0.1) is 0 Å². The third-order valence-electron chi connectivity index (χ3n) is 2.72. The van der Waals surface area contributed by atoms with Gasteiger partial charge < -0.3 is 18.9 Å². The Labute approximate surface area is 90.0 Å². The minimum Gasteiger partial charge on any atom is -0.301 e. The van der Waals surface area contributed by atoms with E-state index in [0.29, 0.717) is 16.5 Å². The summed E-state index contributed by atoms with van der Waals surface area (Å²) in [5, 5.41) is 0. The number of hydrogen-bond acceptors (Lipinski definition) is 0. The van der Waals surface area contributed by atoms with Crippen LogP contribution in [0.4, 0.5) is 0 Å². The van der Waals surface area contributed by atoms with Crippen LogP contribution in [0.2, 0.25) is 4.55 Å². The third-order valence-corrected chi connectivity index (χ3v) is 5.78. The van der Waals surface area contributed by atoms with Gasteiger partial charge in [-0.3, -0.25) is 0 Å². The molecule has 0 atom stereocenters. The summed E-state index contributed by atoms with van der Waals surface area (Å²) in [6, 6.07) is 0. The summed E-state index contributed by atoms with van der Waals surface area (Å²) in [6.07, 6.45) is 10.7. The molecule has 0 amide bonds. The molecule has 0 aromatic rings. The number of hydrogen-bond donors (Lipinski definition) is 0. The molecule has 0 saturated heterocycles. The molecule has 0 unspecified atom stereocenters. The molecule has 0 nitrogen and oxygen atoms in total. The van der Waals surface area contributed by atoms with Crippen LogP contribution in [0.5, 0.6) is 0 Å². The topological polar surface area (TPSA) is 0 Å². The van der Waals surface area contributed by atoms with Gasteiger partial charge in [-0.1, -0.05) is 44.9 Å². The Morgan fingerprint density at radius 1 is 1.18 bits per heavy atom. The molecule has 0 aromatic carbocycles. The van der Waals surface area contributed by atoms with Gasteiger partial charge in [0.25, 0.3) is 0 Å². The molecule has 0 heterocycles. The molecule has 1 aliphatic rings. The molecule has 0 radical (unpaired) electrons. The van der Waals surface area contributed by atoms with Crippen molar-refractivity contribution in [1.82, 2.24) is 0 Å². The van der Waals surface area contributed by atoms with Crippen LogP contribution in [0.15, 0.2) is 0 Å².